The predicted molar refractivity (Wildman–Crippen MR) is 127 cm³/mol. The Balaban J connectivity index is 1.51. The van der Waals surface area contributed by atoms with E-state index in [-0.39, 0.29) is 5.56 Å². The molecule has 3 aromatic heterocycles. The standard InChI is InChI=1S/C24H23N7O2/c1-16-19-9-10-21(32)31(18-7-5-17(6-8-18)22(25)33)23(19)28-24(27-16)30-14-12-29(13-15-30)20-4-2-3-11-26-20/h2-11H,12-15H2,1H3,(H2,25,33). The first kappa shape index (κ1) is 20.6. The number of benzene rings is 1. The molecule has 0 radical (unpaired) electrons. The van der Waals surface area contributed by atoms with Gasteiger partial charge in [0.05, 0.1) is 11.4 Å². The van der Waals surface area contributed by atoms with Gasteiger partial charge in [0.25, 0.3) is 5.56 Å². The van der Waals surface area contributed by atoms with Gasteiger partial charge in [-0.05, 0) is 49.4 Å². The Morgan fingerprint density at radius 1 is 0.909 bits per heavy atom. The van der Waals surface area contributed by atoms with Crippen molar-refractivity contribution >= 4 is 28.7 Å². The van der Waals surface area contributed by atoms with E-state index in [9.17, 15) is 9.59 Å². The molecule has 5 rings (SSSR count). The lowest BCUT2D eigenvalue weighted by Gasteiger charge is -2.35. The summed E-state index contributed by atoms with van der Waals surface area (Å²) in [5.74, 6) is 1.03. The molecule has 0 spiro atoms. The van der Waals surface area contributed by atoms with Crippen LogP contribution in [0.4, 0.5) is 11.8 Å². The van der Waals surface area contributed by atoms with Crippen LogP contribution in [0.15, 0.2) is 65.6 Å². The molecular formula is C24H23N7O2. The Bertz CT molecular complexity index is 1380. The van der Waals surface area contributed by atoms with Gasteiger partial charge in [-0.3, -0.25) is 14.2 Å². The van der Waals surface area contributed by atoms with Crippen LogP contribution in [0.1, 0.15) is 16.1 Å². The number of hydrogen-bond acceptors (Lipinski definition) is 7. The molecule has 4 heterocycles. The monoisotopic (exact) mass is 441 g/mol. The molecule has 0 saturated carbocycles. The SMILES string of the molecule is Cc1nc(N2CCN(c3ccccn3)CC2)nc2c1ccc(=O)n2-c1ccc(C(N)=O)cc1. The number of carbonyl (C=O) groups is 1. The van der Waals surface area contributed by atoms with Crippen molar-refractivity contribution in [2.45, 2.75) is 6.92 Å². The smallest absolute Gasteiger partial charge is 0.256 e. The first-order valence-electron chi connectivity index (χ1n) is 10.7. The molecule has 0 unspecified atom stereocenters. The van der Waals surface area contributed by atoms with E-state index in [1.54, 1.807) is 41.1 Å². The third-order valence-electron chi connectivity index (χ3n) is 5.87. The summed E-state index contributed by atoms with van der Waals surface area (Å²) >= 11 is 0. The van der Waals surface area contributed by atoms with Gasteiger partial charge in [0, 0.05) is 49.4 Å². The number of carbonyl (C=O) groups excluding carboxylic acids is 1. The summed E-state index contributed by atoms with van der Waals surface area (Å²) in [6.45, 7) is 5.00. The van der Waals surface area contributed by atoms with E-state index >= 15 is 0 Å². The van der Waals surface area contributed by atoms with Gasteiger partial charge >= 0.3 is 0 Å². The third-order valence-corrected chi connectivity index (χ3v) is 5.87. The highest BCUT2D eigenvalue weighted by Gasteiger charge is 2.21. The number of fused-ring (bicyclic) bond motifs is 1. The minimum absolute atomic E-state index is 0.210. The summed E-state index contributed by atoms with van der Waals surface area (Å²) in [6, 6.07) is 15.8. The quantitative estimate of drug-likeness (QED) is 0.515. The molecular weight excluding hydrogens is 418 g/mol. The molecule has 1 aliphatic heterocycles. The van der Waals surface area contributed by atoms with Crippen LogP contribution in [0, 0.1) is 6.92 Å². The molecule has 33 heavy (non-hydrogen) atoms. The number of amides is 1. The van der Waals surface area contributed by atoms with Gasteiger partial charge in [-0.1, -0.05) is 6.07 Å². The van der Waals surface area contributed by atoms with Crippen LogP contribution in [-0.4, -0.2) is 51.6 Å². The summed E-state index contributed by atoms with van der Waals surface area (Å²) < 4.78 is 1.54. The van der Waals surface area contributed by atoms with E-state index in [1.807, 2.05) is 25.1 Å². The molecule has 1 amide bonds. The lowest BCUT2D eigenvalue weighted by Crippen LogP contribution is -2.47. The Hall–Kier alpha value is -4.27. The fourth-order valence-electron chi connectivity index (χ4n) is 4.09. The zero-order chi connectivity index (χ0) is 22.9. The van der Waals surface area contributed by atoms with Crippen LogP contribution < -0.4 is 21.1 Å². The molecule has 0 atom stereocenters. The molecule has 2 N–H and O–H groups in total. The Morgan fingerprint density at radius 2 is 1.64 bits per heavy atom. The minimum Gasteiger partial charge on any atom is -0.366 e. The largest absolute Gasteiger partial charge is 0.366 e. The van der Waals surface area contributed by atoms with Crippen molar-refractivity contribution in [3.05, 3.63) is 82.4 Å². The van der Waals surface area contributed by atoms with Gasteiger partial charge in [-0.15, -0.1) is 0 Å². The summed E-state index contributed by atoms with van der Waals surface area (Å²) in [6.07, 6.45) is 1.80. The van der Waals surface area contributed by atoms with Gasteiger partial charge in [0.1, 0.15) is 5.82 Å². The van der Waals surface area contributed by atoms with Gasteiger partial charge < -0.3 is 15.5 Å². The van der Waals surface area contributed by atoms with Crippen LogP contribution in [0.5, 0.6) is 0 Å². The van der Waals surface area contributed by atoms with Gasteiger partial charge in [-0.2, -0.15) is 4.98 Å². The summed E-state index contributed by atoms with van der Waals surface area (Å²) in [5, 5.41) is 0.796. The number of aryl methyl sites for hydroxylation is 1. The predicted octanol–water partition coefficient (Wildman–Crippen LogP) is 1.91. The van der Waals surface area contributed by atoms with Gasteiger partial charge in [0.2, 0.25) is 11.9 Å². The van der Waals surface area contributed by atoms with Crippen molar-refractivity contribution in [1.82, 2.24) is 19.5 Å². The molecule has 166 valence electrons. The van der Waals surface area contributed by atoms with E-state index in [0.29, 0.717) is 22.8 Å². The first-order chi connectivity index (χ1) is 16.0. The lowest BCUT2D eigenvalue weighted by molar-refractivity contribution is 0.100. The van der Waals surface area contributed by atoms with Crippen molar-refractivity contribution in [1.29, 1.82) is 0 Å². The van der Waals surface area contributed by atoms with Crippen molar-refractivity contribution in [2.75, 3.05) is 36.0 Å². The van der Waals surface area contributed by atoms with Crippen molar-refractivity contribution in [2.24, 2.45) is 5.73 Å². The van der Waals surface area contributed by atoms with Crippen LogP contribution in [0.3, 0.4) is 0 Å². The van der Waals surface area contributed by atoms with Gasteiger partial charge in [-0.25, -0.2) is 9.97 Å². The summed E-state index contributed by atoms with van der Waals surface area (Å²) in [5.41, 5.74) is 7.46. The Labute approximate surface area is 190 Å². The van der Waals surface area contributed by atoms with Crippen LogP contribution in [-0.2, 0) is 0 Å². The molecule has 9 heteroatoms. The molecule has 4 aromatic rings. The molecule has 0 bridgehead atoms. The van der Waals surface area contributed by atoms with E-state index in [2.05, 4.69) is 14.8 Å². The first-order valence-corrected chi connectivity index (χ1v) is 10.7. The maximum absolute atomic E-state index is 12.8. The van der Waals surface area contributed by atoms with E-state index in [1.165, 1.54) is 6.07 Å². The second-order valence-electron chi connectivity index (χ2n) is 7.93. The maximum Gasteiger partial charge on any atom is 0.256 e. The van der Waals surface area contributed by atoms with Crippen molar-refractivity contribution in [3.8, 4) is 5.69 Å². The third kappa shape index (κ3) is 3.89. The topological polar surface area (TPSA) is 110 Å². The highest BCUT2D eigenvalue weighted by Crippen LogP contribution is 2.22. The fraction of sp³-hybridized carbons (Fsp3) is 0.208. The van der Waals surface area contributed by atoms with E-state index < -0.39 is 5.91 Å². The summed E-state index contributed by atoms with van der Waals surface area (Å²) in [7, 11) is 0. The number of primary amides is 1. The maximum atomic E-state index is 12.8. The zero-order valence-electron chi connectivity index (χ0n) is 18.2. The van der Waals surface area contributed by atoms with Crippen molar-refractivity contribution < 1.29 is 4.79 Å². The molecule has 1 saturated heterocycles. The molecule has 0 aliphatic carbocycles. The molecule has 1 aliphatic rings. The average Bonchev–Trinajstić information content (AvgIpc) is 2.84. The summed E-state index contributed by atoms with van der Waals surface area (Å²) in [4.78, 5) is 42.6. The van der Waals surface area contributed by atoms with E-state index in [0.717, 1.165) is 43.1 Å². The number of hydrogen-bond donors (Lipinski definition) is 1. The second-order valence-corrected chi connectivity index (χ2v) is 7.93. The number of nitrogens with two attached hydrogens (primary N) is 1. The van der Waals surface area contributed by atoms with E-state index in [4.69, 9.17) is 15.7 Å². The minimum atomic E-state index is -0.517. The van der Waals surface area contributed by atoms with Crippen LogP contribution >= 0.6 is 0 Å². The fourth-order valence-corrected chi connectivity index (χ4v) is 4.09. The highest BCUT2D eigenvalue weighted by molar-refractivity contribution is 5.93. The number of anilines is 2. The molecule has 1 aromatic carbocycles. The number of piperazine rings is 1. The van der Waals surface area contributed by atoms with Crippen LogP contribution in [0.2, 0.25) is 0 Å². The number of pyridine rings is 2. The van der Waals surface area contributed by atoms with Crippen molar-refractivity contribution in [3.63, 3.8) is 0 Å². The number of nitrogens with zero attached hydrogens (tertiary/aromatic N) is 6. The molecule has 1 fully saturated rings. The Morgan fingerprint density at radius 3 is 2.30 bits per heavy atom. The lowest BCUT2D eigenvalue weighted by atomic mass is 10.2. The molecule has 9 nitrogen and oxygen atoms in total. The zero-order valence-corrected chi connectivity index (χ0v) is 18.2. The Kier molecular flexibility index (Phi) is 5.21. The normalized spacial score (nSPS) is 14.0. The van der Waals surface area contributed by atoms with Gasteiger partial charge in [0.15, 0.2) is 5.65 Å². The average molecular weight is 441 g/mol. The van der Waals surface area contributed by atoms with Crippen LogP contribution in [0.25, 0.3) is 16.7 Å². The highest BCUT2D eigenvalue weighted by atomic mass is 16.1. The second kappa shape index (κ2) is 8.34. The number of aromatic nitrogens is 4. The number of rotatable bonds is 4.